The van der Waals surface area contributed by atoms with Crippen LogP contribution in [0.4, 0.5) is 0 Å². The second-order valence-electron chi connectivity index (χ2n) is 3.19. The molecule has 0 saturated heterocycles. The van der Waals surface area contributed by atoms with Gasteiger partial charge < -0.3 is 17.2 Å². The average molecular weight is 298 g/mol. The summed E-state index contributed by atoms with van der Waals surface area (Å²) in [7, 11) is 4.50. The molecule has 1 aromatic rings. The maximum atomic E-state index is 10.8. The van der Waals surface area contributed by atoms with E-state index in [0.29, 0.717) is 10.6 Å². The maximum absolute atomic E-state index is 10.8. The molecule has 0 bridgehead atoms. The van der Waals surface area contributed by atoms with Crippen molar-refractivity contribution in [2.75, 3.05) is 21.1 Å². The molecule has 0 atom stereocenters. The molecule has 5 heteroatoms. The Hall–Kier alpha value is -1.46. The molecule has 0 aliphatic heterocycles. The first-order valence-corrected chi connectivity index (χ1v) is 6.52. The Bertz CT molecular complexity index is 419. The number of aldehydes is 1. The van der Waals surface area contributed by atoms with Gasteiger partial charge in [-0.3, -0.25) is 4.79 Å². The van der Waals surface area contributed by atoms with Crippen LogP contribution in [0.5, 0.6) is 0 Å². The largest absolute Gasteiger partial charge is 0.333 e. The summed E-state index contributed by atoms with van der Waals surface area (Å²) in [5.74, 6) is 0.215. The Morgan fingerprint density at radius 3 is 1.95 bits per heavy atom. The first-order chi connectivity index (χ1) is 9.81. The van der Waals surface area contributed by atoms with E-state index in [0.717, 1.165) is 11.8 Å². The third-order valence-corrected chi connectivity index (χ3v) is 2.52. The van der Waals surface area contributed by atoms with Crippen molar-refractivity contribution in [3.8, 4) is 0 Å². The average Bonchev–Trinajstić information content (AvgIpc) is 3.07. The molecule has 0 aromatic heterocycles. The molecule has 0 radical (unpaired) electrons. The SMILES string of the molecule is CN.CN.CN.O=Cc1cc(Cl)ccc1C1C=CC=C1. The summed E-state index contributed by atoms with van der Waals surface area (Å²) in [6.07, 6.45) is 8.91. The lowest BCUT2D eigenvalue weighted by atomic mass is 9.96. The Morgan fingerprint density at radius 2 is 1.50 bits per heavy atom. The van der Waals surface area contributed by atoms with E-state index >= 15 is 0 Å². The van der Waals surface area contributed by atoms with Crippen LogP contribution in [0.3, 0.4) is 0 Å². The van der Waals surface area contributed by atoms with E-state index in [-0.39, 0.29) is 5.92 Å². The van der Waals surface area contributed by atoms with Crippen LogP contribution in [0.1, 0.15) is 21.8 Å². The number of nitrogens with two attached hydrogens (primary N) is 3. The summed E-state index contributed by atoms with van der Waals surface area (Å²) >= 11 is 5.81. The van der Waals surface area contributed by atoms with Crippen LogP contribution in [0.2, 0.25) is 5.02 Å². The number of hydrogen-bond donors (Lipinski definition) is 3. The van der Waals surface area contributed by atoms with Gasteiger partial charge in [0.1, 0.15) is 6.29 Å². The Balaban J connectivity index is 0. The number of hydrogen-bond acceptors (Lipinski definition) is 4. The first kappa shape index (κ1) is 20.8. The lowest BCUT2D eigenvalue weighted by molar-refractivity contribution is 0.112. The Morgan fingerprint density at radius 1 is 1.00 bits per heavy atom. The second-order valence-corrected chi connectivity index (χ2v) is 3.62. The monoisotopic (exact) mass is 297 g/mol. The minimum atomic E-state index is 0.215. The predicted molar refractivity (Wildman–Crippen MR) is 88.2 cm³/mol. The molecule has 0 fully saturated rings. The number of halogens is 1. The van der Waals surface area contributed by atoms with Gasteiger partial charge in [0, 0.05) is 16.5 Å². The van der Waals surface area contributed by atoms with Gasteiger partial charge in [-0.15, -0.1) is 0 Å². The predicted octanol–water partition coefficient (Wildman–Crippen LogP) is 2.09. The van der Waals surface area contributed by atoms with Crippen molar-refractivity contribution in [1.29, 1.82) is 0 Å². The number of rotatable bonds is 2. The van der Waals surface area contributed by atoms with Crippen molar-refractivity contribution in [2.45, 2.75) is 5.92 Å². The maximum Gasteiger partial charge on any atom is 0.150 e. The lowest BCUT2D eigenvalue weighted by Crippen LogP contribution is -1.95. The van der Waals surface area contributed by atoms with E-state index in [1.807, 2.05) is 24.3 Å². The van der Waals surface area contributed by atoms with Gasteiger partial charge in [0.2, 0.25) is 0 Å². The van der Waals surface area contributed by atoms with E-state index in [2.05, 4.69) is 29.4 Å². The van der Waals surface area contributed by atoms with E-state index in [1.165, 1.54) is 21.1 Å². The smallest absolute Gasteiger partial charge is 0.150 e. The standard InChI is InChI=1S/C12H9ClO.3CH5N/c13-11-5-6-12(10(7-11)8-14)9-3-1-2-4-9;3*1-2/h1-9H;3*2H2,1H3. The van der Waals surface area contributed by atoms with Gasteiger partial charge in [0.25, 0.3) is 0 Å². The van der Waals surface area contributed by atoms with Gasteiger partial charge in [-0.2, -0.15) is 0 Å². The minimum absolute atomic E-state index is 0.215. The molecule has 0 saturated carbocycles. The molecule has 1 aromatic carbocycles. The molecule has 0 spiro atoms. The quantitative estimate of drug-likeness (QED) is 0.728. The van der Waals surface area contributed by atoms with Gasteiger partial charge in [-0.05, 0) is 38.8 Å². The normalized spacial score (nSPS) is 11.3. The van der Waals surface area contributed by atoms with Crippen LogP contribution in [0, 0.1) is 0 Å². The molecule has 0 heterocycles. The van der Waals surface area contributed by atoms with Crippen molar-refractivity contribution in [1.82, 2.24) is 0 Å². The molecule has 2 rings (SSSR count). The molecule has 6 N–H and O–H groups in total. The Kier molecular flexibility index (Phi) is 14.6. The van der Waals surface area contributed by atoms with Gasteiger partial charge >= 0.3 is 0 Å². The molecule has 0 amide bonds. The molecule has 4 nitrogen and oxygen atoms in total. The van der Waals surface area contributed by atoms with Crippen LogP contribution < -0.4 is 17.2 Å². The fraction of sp³-hybridized carbons (Fsp3) is 0.267. The number of benzene rings is 1. The summed E-state index contributed by atoms with van der Waals surface area (Å²) in [4.78, 5) is 10.8. The molecular formula is C15H24ClN3O. The summed E-state index contributed by atoms with van der Waals surface area (Å²) in [5, 5.41) is 0.599. The highest BCUT2D eigenvalue weighted by atomic mass is 35.5. The summed E-state index contributed by atoms with van der Waals surface area (Å²) in [6, 6.07) is 5.41. The fourth-order valence-corrected chi connectivity index (χ4v) is 1.77. The summed E-state index contributed by atoms with van der Waals surface area (Å²) < 4.78 is 0. The second kappa shape index (κ2) is 14.0. The zero-order chi connectivity index (χ0) is 16.0. The van der Waals surface area contributed by atoms with Crippen LogP contribution in [-0.4, -0.2) is 27.4 Å². The van der Waals surface area contributed by atoms with E-state index < -0.39 is 0 Å². The highest BCUT2D eigenvalue weighted by Crippen LogP contribution is 2.27. The molecule has 20 heavy (non-hydrogen) atoms. The fourth-order valence-electron chi connectivity index (χ4n) is 1.59. The molecule has 112 valence electrons. The van der Waals surface area contributed by atoms with Crippen LogP contribution in [-0.2, 0) is 0 Å². The topological polar surface area (TPSA) is 95.1 Å². The van der Waals surface area contributed by atoms with Crippen molar-refractivity contribution < 1.29 is 4.79 Å². The molecule has 0 unspecified atom stereocenters. The van der Waals surface area contributed by atoms with Crippen LogP contribution in [0.25, 0.3) is 0 Å². The molecule has 1 aliphatic carbocycles. The van der Waals surface area contributed by atoms with Gasteiger partial charge in [-0.25, -0.2) is 0 Å². The van der Waals surface area contributed by atoms with Crippen molar-refractivity contribution in [3.05, 3.63) is 58.7 Å². The van der Waals surface area contributed by atoms with E-state index in [9.17, 15) is 4.79 Å². The number of carbonyl (C=O) groups excluding carboxylic acids is 1. The first-order valence-electron chi connectivity index (χ1n) is 6.14. The van der Waals surface area contributed by atoms with E-state index in [1.54, 1.807) is 6.07 Å². The van der Waals surface area contributed by atoms with Crippen molar-refractivity contribution in [3.63, 3.8) is 0 Å². The van der Waals surface area contributed by atoms with Crippen LogP contribution >= 0.6 is 11.6 Å². The zero-order valence-corrected chi connectivity index (χ0v) is 13.0. The van der Waals surface area contributed by atoms with Crippen LogP contribution in [0.15, 0.2) is 42.5 Å². The third kappa shape index (κ3) is 6.63. The molecular weight excluding hydrogens is 274 g/mol. The number of carbonyl (C=O) groups is 1. The third-order valence-electron chi connectivity index (χ3n) is 2.28. The van der Waals surface area contributed by atoms with Crippen molar-refractivity contribution >= 4 is 17.9 Å². The zero-order valence-electron chi connectivity index (χ0n) is 12.2. The number of allylic oxidation sites excluding steroid dienone is 4. The Labute approximate surface area is 126 Å². The minimum Gasteiger partial charge on any atom is -0.333 e. The highest BCUT2D eigenvalue weighted by Gasteiger charge is 2.11. The van der Waals surface area contributed by atoms with E-state index in [4.69, 9.17) is 11.6 Å². The molecule has 1 aliphatic rings. The van der Waals surface area contributed by atoms with Gasteiger partial charge in [0.05, 0.1) is 0 Å². The van der Waals surface area contributed by atoms with Gasteiger partial charge in [0.15, 0.2) is 0 Å². The van der Waals surface area contributed by atoms with Gasteiger partial charge in [-0.1, -0.05) is 42.0 Å². The van der Waals surface area contributed by atoms with Crippen molar-refractivity contribution in [2.24, 2.45) is 17.2 Å². The lowest BCUT2D eigenvalue weighted by Gasteiger charge is -2.08. The summed E-state index contributed by atoms with van der Waals surface area (Å²) in [5.41, 5.74) is 15.2. The highest BCUT2D eigenvalue weighted by molar-refractivity contribution is 6.30. The summed E-state index contributed by atoms with van der Waals surface area (Å²) in [6.45, 7) is 0.